The van der Waals surface area contributed by atoms with Crippen molar-refractivity contribution in [2.75, 3.05) is 46.3 Å². The second-order valence-electron chi connectivity index (χ2n) is 6.80. The van der Waals surface area contributed by atoms with Gasteiger partial charge in [-0.05, 0) is 50.8 Å². The van der Waals surface area contributed by atoms with Gasteiger partial charge in [-0.25, -0.2) is 0 Å². The fraction of sp³-hybridized carbons (Fsp3) is 0.474. The topological polar surface area (TPSA) is 71.1 Å². The molecule has 2 saturated heterocycles. The van der Waals surface area contributed by atoms with Crippen molar-refractivity contribution < 1.29 is 19.1 Å². The number of methoxy groups -OCH3 is 2. The Labute approximate surface area is 163 Å². The summed E-state index contributed by atoms with van der Waals surface area (Å²) in [5, 5.41) is 1.95. The molecule has 1 aromatic carbocycles. The van der Waals surface area contributed by atoms with Crippen LogP contribution in [0.3, 0.4) is 0 Å². The molecule has 8 heteroatoms. The molecular weight excluding hydrogens is 366 g/mol. The Morgan fingerprint density at radius 2 is 1.78 bits per heavy atom. The summed E-state index contributed by atoms with van der Waals surface area (Å²) in [4.78, 5) is 28.4. The predicted molar refractivity (Wildman–Crippen MR) is 108 cm³/mol. The number of nitrogens with one attached hydrogen (secondary N) is 1. The van der Waals surface area contributed by atoms with Crippen molar-refractivity contribution in [1.82, 2.24) is 10.2 Å². The Hall–Kier alpha value is -2.19. The van der Waals surface area contributed by atoms with E-state index < -0.39 is 0 Å². The third kappa shape index (κ3) is 4.22. The van der Waals surface area contributed by atoms with Crippen molar-refractivity contribution in [2.45, 2.75) is 18.9 Å². The Kier molecular flexibility index (Phi) is 5.96. The van der Waals surface area contributed by atoms with Gasteiger partial charge in [0, 0.05) is 36.4 Å². The zero-order chi connectivity index (χ0) is 19.6. The lowest BCUT2D eigenvalue weighted by Crippen LogP contribution is -2.42. The molecule has 2 fully saturated rings. The molecular formula is C19H25N3O4S. The smallest absolute Gasteiger partial charge is 0.290 e. The molecule has 0 aromatic heterocycles. The van der Waals surface area contributed by atoms with Crippen LogP contribution in [-0.4, -0.2) is 63.5 Å². The van der Waals surface area contributed by atoms with Crippen LogP contribution in [0.25, 0.3) is 6.08 Å². The molecule has 146 valence electrons. The minimum absolute atomic E-state index is 0.347. The molecule has 0 unspecified atom stereocenters. The summed E-state index contributed by atoms with van der Waals surface area (Å²) in [7, 11) is 7.41. The quantitative estimate of drug-likeness (QED) is 0.774. The minimum atomic E-state index is -0.364. The maximum atomic E-state index is 12.0. The number of thioether (sulfide) groups is 1. The van der Waals surface area contributed by atoms with Crippen LogP contribution in [0.2, 0.25) is 0 Å². The third-order valence-corrected chi connectivity index (χ3v) is 5.81. The van der Waals surface area contributed by atoms with Crippen molar-refractivity contribution in [3.8, 4) is 11.5 Å². The molecule has 0 radical (unpaired) electrons. The van der Waals surface area contributed by atoms with E-state index in [-0.39, 0.29) is 11.1 Å². The van der Waals surface area contributed by atoms with E-state index in [1.807, 2.05) is 12.1 Å². The number of imide groups is 1. The van der Waals surface area contributed by atoms with Gasteiger partial charge in [0.25, 0.3) is 11.1 Å². The normalized spacial score (nSPS) is 19.7. The number of ether oxygens (including phenoxy) is 2. The number of nitrogens with zero attached hydrogens (tertiary/aromatic N) is 2. The third-order valence-electron chi connectivity index (χ3n) is 5.00. The van der Waals surface area contributed by atoms with Gasteiger partial charge >= 0.3 is 0 Å². The lowest BCUT2D eigenvalue weighted by molar-refractivity contribution is -0.115. The molecule has 0 spiro atoms. The van der Waals surface area contributed by atoms with E-state index in [1.54, 1.807) is 20.3 Å². The number of rotatable bonds is 5. The Morgan fingerprint density at radius 1 is 1.15 bits per heavy atom. The van der Waals surface area contributed by atoms with E-state index in [2.05, 4.69) is 29.2 Å². The Bertz CT molecular complexity index is 770. The molecule has 1 aromatic rings. The highest BCUT2D eigenvalue weighted by Gasteiger charge is 2.27. The molecule has 2 amide bonds. The summed E-state index contributed by atoms with van der Waals surface area (Å²) < 4.78 is 10.9. The lowest BCUT2D eigenvalue weighted by Gasteiger charge is -2.37. The number of piperidine rings is 1. The van der Waals surface area contributed by atoms with Gasteiger partial charge in [0.05, 0.1) is 19.1 Å². The highest BCUT2D eigenvalue weighted by atomic mass is 32.2. The molecule has 0 aliphatic carbocycles. The lowest BCUT2D eigenvalue weighted by atomic mass is 10.0. The number of carbonyl (C=O) groups excluding carboxylic acids is 2. The van der Waals surface area contributed by atoms with Crippen LogP contribution in [0, 0.1) is 0 Å². The molecule has 7 nitrogen and oxygen atoms in total. The fourth-order valence-corrected chi connectivity index (χ4v) is 4.13. The zero-order valence-corrected chi connectivity index (χ0v) is 16.9. The average molecular weight is 391 g/mol. The average Bonchev–Trinajstić information content (AvgIpc) is 2.98. The molecule has 27 heavy (non-hydrogen) atoms. The van der Waals surface area contributed by atoms with Gasteiger partial charge in [0.1, 0.15) is 0 Å². The van der Waals surface area contributed by atoms with Gasteiger partial charge in [-0.3, -0.25) is 14.9 Å². The van der Waals surface area contributed by atoms with E-state index in [9.17, 15) is 9.59 Å². The summed E-state index contributed by atoms with van der Waals surface area (Å²) in [6.07, 6.45) is 3.87. The van der Waals surface area contributed by atoms with Gasteiger partial charge in [0.15, 0.2) is 11.5 Å². The predicted octanol–water partition coefficient (Wildman–Crippen LogP) is 2.56. The summed E-state index contributed by atoms with van der Waals surface area (Å²) in [6.45, 7) is 1.82. The van der Waals surface area contributed by atoms with Crippen LogP contribution in [0.4, 0.5) is 10.5 Å². The summed E-state index contributed by atoms with van der Waals surface area (Å²) in [5.41, 5.74) is 1.81. The summed E-state index contributed by atoms with van der Waals surface area (Å²) in [6, 6.07) is 4.37. The molecule has 1 N–H and O–H groups in total. The number of carbonyl (C=O) groups is 2. The van der Waals surface area contributed by atoms with Crippen LogP contribution >= 0.6 is 11.8 Å². The highest BCUT2D eigenvalue weighted by Crippen LogP contribution is 2.39. The van der Waals surface area contributed by atoms with Crippen LogP contribution in [0.15, 0.2) is 17.0 Å². The Morgan fingerprint density at radius 3 is 2.30 bits per heavy atom. The zero-order valence-electron chi connectivity index (χ0n) is 16.1. The van der Waals surface area contributed by atoms with E-state index in [1.165, 1.54) is 0 Å². The monoisotopic (exact) mass is 391 g/mol. The largest absolute Gasteiger partial charge is 0.493 e. The first-order chi connectivity index (χ1) is 12.9. The van der Waals surface area contributed by atoms with E-state index in [4.69, 9.17) is 9.47 Å². The maximum Gasteiger partial charge on any atom is 0.290 e. The number of benzene rings is 1. The van der Waals surface area contributed by atoms with Gasteiger partial charge < -0.3 is 19.3 Å². The van der Waals surface area contributed by atoms with Crippen LogP contribution in [-0.2, 0) is 4.79 Å². The van der Waals surface area contributed by atoms with Crippen molar-refractivity contribution in [2.24, 2.45) is 0 Å². The number of amides is 2. The van der Waals surface area contributed by atoms with E-state index in [0.717, 1.165) is 48.9 Å². The number of anilines is 1. The number of hydrogen-bond acceptors (Lipinski definition) is 7. The van der Waals surface area contributed by atoms with Gasteiger partial charge in [-0.2, -0.15) is 0 Å². The second kappa shape index (κ2) is 8.22. The first-order valence-corrected chi connectivity index (χ1v) is 9.66. The van der Waals surface area contributed by atoms with Crippen molar-refractivity contribution in [1.29, 1.82) is 0 Å². The summed E-state index contributed by atoms with van der Waals surface area (Å²) in [5.74, 6) is 0.868. The van der Waals surface area contributed by atoms with Gasteiger partial charge in [0.2, 0.25) is 0 Å². The molecule has 0 bridgehead atoms. The Balaban J connectivity index is 1.97. The summed E-state index contributed by atoms with van der Waals surface area (Å²) >= 11 is 0.916. The van der Waals surface area contributed by atoms with Crippen LogP contribution in [0.1, 0.15) is 18.4 Å². The first kappa shape index (κ1) is 19.6. The maximum absolute atomic E-state index is 12.0. The van der Waals surface area contributed by atoms with Crippen LogP contribution < -0.4 is 19.7 Å². The minimum Gasteiger partial charge on any atom is -0.493 e. The molecule has 3 rings (SSSR count). The molecule has 2 aliphatic rings. The molecule has 2 heterocycles. The van der Waals surface area contributed by atoms with E-state index >= 15 is 0 Å². The first-order valence-electron chi connectivity index (χ1n) is 8.85. The SMILES string of the molecule is COc1cc(/C=C2\SC(=O)NC2=O)c(N2CCC(N(C)C)CC2)cc1OC. The van der Waals surface area contributed by atoms with Crippen molar-refractivity contribution >= 4 is 34.7 Å². The van der Waals surface area contributed by atoms with Crippen LogP contribution in [0.5, 0.6) is 11.5 Å². The highest BCUT2D eigenvalue weighted by molar-refractivity contribution is 8.18. The fourth-order valence-electron chi connectivity index (χ4n) is 3.46. The standard InChI is InChI=1S/C19H25N3O4S/c1-21(2)13-5-7-22(8-6-13)14-11-16(26-4)15(25-3)9-12(14)10-17-18(23)20-19(24)27-17/h9-11,13H,5-8H2,1-4H3,(H,20,23,24)/b17-10-. The second-order valence-corrected chi connectivity index (χ2v) is 7.81. The van der Waals surface area contributed by atoms with E-state index in [0.29, 0.717) is 22.4 Å². The molecule has 2 aliphatic heterocycles. The van der Waals surface area contributed by atoms with Gasteiger partial charge in [-0.15, -0.1) is 0 Å². The van der Waals surface area contributed by atoms with Crippen molar-refractivity contribution in [3.05, 3.63) is 22.6 Å². The van der Waals surface area contributed by atoms with Gasteiger partial charge in [-0.1, -0.05) is 0 Å². The molecule has 0 saturated carbocycles. The molecule has 0 atom stereocenters. The number of hydrogen-bond donors (Lipinski definition) is 1. The van der Waals surface area contributed by atoms with Crippen molar-refractivity contribution in [3.63, 3.8) is 0 Å².